The Hall–Kier alpha value is -2.69. The number of alkyl halides is 5. The topological polar surface area (TPSA) is 72.5 Å². The van der Waals surface area contributed by atoms with Crippen LogP contribution in [0.25, 0.3) is 0 Å². The molecule has 2 heterocycles. The molecule has 166 valence electrons. The molecule has 1 saturated carbocycles. The number of nitrogens with one attached hydrogen (secondary N) is 1. The van der Waals surface area contributed by atoms with Crippen LogP contribution >= 0.6 is 11.6 Å². The molecule has 0 radical (unpaired) electrons. The van der Waals surface area contributed by atoms with Gasteiger partial charge < -0.3 is 15.8 Å². The molecule has 0 amide bonds. The molecule has 31 heavy (non-hydrogen) atoms. The first-order chi connectivity index (χ1) is 14.5. The number of nitrogens with zero attached hydrogens (tertiary/aromatic N) is 2. The predicted octanol–water partition coefficient (Wildman–Crippen LogP) is 4.78. The van der Waals surface area contributed by atoms with Crippen molar-refractivity contribution in [3.63, 3.8) is 0 Å². The maximum Gasteiger partial charge on any atom is 0.414 e. The number of amidine groups is 1. The van der Waals surface area contributed by atoms with Crippen LogP contribution < -0.4 is 11.1 Å². The van der Waals surface area contributed by atoms with Gasteiger partial charge in [0.15, 0.2) is 11.6 Å². The Bertz CT molecular complexity index is 1020. The van der Waals surface area contributed by atoms with Gasteiger partial charge in [-0.2, -0.15) is 13.2 Å². The summed E-state index contributed by atoms with van der Waals surface area (Å²) in [7, 11) is 0. The maximum atomic E-state index is 14.7. The molecule has 1 unspecified atom stereocenters. The van der Waals surface area contributed by atoms with E-state index < -0.39 is 59.3 Å². The van der Waals surface area contributed by atoms with Gasteiger partial charge in [0.05, 0.1) is 10.7 Å². The Balaban J connectivity index is 1.75. The lowest BCUT2D eigenvalue weighted by molar-refractivity contribution is -0.144. The summed E-state index contributed by atoms with van der Waals surface area (Å²) >= 11 is 5.68. The zero-order valence-corrected chi connectivity index (χ0v) is 16.3. The number of benzene rings is 1. The van der Waals surface area contributed by atoms with Gasteiger partial charge in [0, 0.05) is 23.4 Å². The highest BCUT2D eigenvalue weighted by Crippen LogP contribution is 2.56. The molecule has 1 aromatic heterocycles. The van der Waals surface area contributed by atoms with Gasteiger partial charge in [-0.05, 0) is 36.8 Å². The highest BCUT2D eigenvalue weighted by atomic mass is 35.5. The molecule has 12 heteroatoms. The van der Waals surface area contributed by atoms with Crippen LogP contribution in [0.4, 0.5) is 32.0 Å². The summed E-state index contributed by atoms with van der Waals surface area (Å²) in [5.41, 5.74) is 1.96. The molecular formula is C19H15ClF6N4O. The minimum absolute atomic E-state index is 0.140. The molecule has 3 N–H and O–H groups in total. The predicted molar refractivity (Wildman–Crippen MR) is 100 cm³/mol. The van der Waals surface area contributed by atoms with E-state index in [1.165, 1.54) is 6.07 Å². The van der Waals surface area contributed by atoms with Crippen LogP contribution in [0.15, 0.2) is 41.5 Å². The summed E-state index contributed by atoms with van der Waals surface area (Å²) < 4.78 is 89.1. The Morgan fingerprint density at radius 3 is 2.58 bits per heavy atom. The third-order valence-corrected chi connectivity index (χ3v) is 5.50. The van der Waals surface area contributed by atoms with Crippen LogP contribution in [0.2, 0.25) is 5.02 Å². The second-order valence-electron chi connectivity index (χ2n) is 7.29. The van der Waals surface area contributed by atoms with Crippen molar-refractivity contribution in [3.8, 4) is 0 Å². The molecule has 2 aliphatic rings. The number of aromatic nitrogens is 1. The summed E-state index contributed by atoms with van der Waals surface area (Å²) in [4.78, 5) is 7.39. The van der Waals surface area contributed by atoms with Gasteiger partial charge in [-0.3, -0.25) is 4.98 Å². The van der Waals surface area contributed by atoms with Crippen molar-refractivity contribution in [2.75, 3.05) is 5.32 Å². The zero-order chi connectivity index (χ0) is 22.6. The van der Waals surface area contributed by atoms with Gasteiger partial charge in [-0.15, -0.1) is 0 Å². The molecule has 5 nitrogen and oxygen atoms in total. The van der Waals surface area contributed by atoms with Crippen molar-refractivity contribution in [3.05, 3.63) is 58.6 Å². The average Bonchev–Trinajstić information content (AvgIpc) is 3.46. The number of hydrogen-bond acceptors (Lipinski definition) is 5. The molecule has 4 atom stereocenters. The number of aliphatic imine (C=N–C) groups is 1. The van der Waals surface area contributed by atoms with E-state index in [2.05, 4.69) is 15.3 Å². The number of rotatable bonds is 5. The number of halogens is 7. The van der Waals surface area contributed by atoms with E-state index in [0.717, 1.165) is 30.5 Å². The Morgan fingerprint density at radius 1 is 1.23 bits per heavy atom. The Morgan fingerprint density at radius 2 is 1.97 bits per heavy atom. The van der Waals surface area contributed by atoms with Crippen LogP contribution in [-0.2, 0) is 10.3 Å². The molecule has 0 spiro atoms. The van der Waals surface area contributed by atoms with E-state index in [4.69, 9.17) is 22.1 Å². The van der Waals surface area contributed by atoms with Crippen molar-refractivity contribution in [2.45, 2.75) is 36.7 Å². The second kappa shape index (κ2) is 7.47. The lowest BCUT2D eigenvalue weighted by Gasteiger charge is -2.33. The molecule has 1 aliphatic heterocycles. The first-order valence-electron chi connectivity index (χ1n) is 9.07. The van der Waals surface area contributed by atoms with Crippen molar-refractivity contribution in [1.29, 1.82) is 0 Å². The van der Waals surface area contributed by atoms with Crippen LogP contribution in [0, 0.1) is 11.7 Å². The number of anilines is 1. The van der Waals surface area contributed by atoms with E-state index in [-0.39, 0.29) is 17.1 Å². The molecule has 0 saturated heterocycles. The molecule has 0 bridgehead atoms. The van der Waals surface area contributed by atoms with E-state index >= 15 is 0 Å². The molecule has 1 aromatic carbocycles. The smallest absolute Gasteiger partial charge is 0.414 e. The van der Waals surface area contributed by atoms with Crippen molar-refractivity contribution in [2.24, 2.45) is 16.6 Å². The van der Waals surface area contributed by atoms with Gasteiger partial charge >= 0.3 is 6.18 Å². The normalized spacial score (nSPS) is 26.0. The van der Waals surface area contributed by atoms with E-state index in [0.29, 0.717) is 0 Å². The maximum absolute atomic E-state index is 14.7. The van der Waals surface area contributed by atoms with Crippen molar-refractivity contribution in [1.82, 2.24) is 4.98 Å². The fourth-order valence-electron chi connectivity index (χ4n) is 3.77. The van der Waals surface area contributed by atoms with Crippen molar-refractivity contribution < 1.29 is 31.1 Å². The lowest BCUT2D eigenvalue weighted by atomic mass is 9.84. The van der Waals surface area contributed by atoms with Crippen LogP contribution in [0.5, 0.6) is 0 Å². The average molecular weight is 465 g/mol. The van der Waals surface area contributed by atoms with E-state index in [1.54, 1.807) is 0 Å². The van der Waals surface area contributed by atoms with Crippen LogP contribution in [0.1, 0.15) is 23.7 Å². The highest BCUT2D eigenvalue weighted by molar-refractivity contribution is 6.30. The van der Waals surface area contributed by atoms with E-state index in [9.17, 15) is 26.3 Å². The molecular weight excluding hydrogens is 450 g/mol. The zero-order valence-electron chi connectivity index (χ0n) is 15.5. The van der Waals surface area contributed by atoms with Crippen LogP contribution in [-0.4, -0.2) is 29.7 Å². The molecule has 4 rings (SSSR count). The highest BCUT2D eigenvalue weighted by Gasteiger charge is 2.64. The number of fused-ring (bicyclic) bond motifs is 1. The molecule has 1 fully saturated rings. The summed E-state index contributed by atoms with van der Waals surface area (Å²) in [6, 6.07) is 2.23. The van der Waals surface area contributed by atoms with Gasteiger partial charge in [0.25, 0.3) is 12.4 Å². The first-order valence-corrected chi connectivity index (χ1v) is 9.45. The third kappa shape index (κ3) is 3.86. The fourth-order valence-corrected chi connectivity index (χ4v) is 3.88. The van der Waals surface area contributed by atoms with Crippen molar-refractivity contribution >= 4 is 23.3 Å². The van der Waals surface area contributed by atoms with Gasteiger partial charge in [-0.25, -0.2) is 18.2 Å². The third-order valence-electron chi connectivity index (χ3n) is 5.28. The minimum atomic E-state index is -4.79. The number of hydrogen-bond donors (Lipinski definition) is 2. The molecule has 2 aromatic rings. The summed E-state index contributed by atoms with van der Waals surface area (Å²) in [6.45, 7) is 0. The lowest BCUT2D eigenvalue weighted by Crippen LogP contribution is -2.43. The van der Waals surface area contributed by atoms with Gasteiger partial charge in [-0.1, -0.05) is 11.6 Å². The first kappa shape index (κ1) is 21.5. The number of nitrogens with two attached hydrogens (primary N) is 1. The van der Waals surface area contributed by atoms with Gasteiger partial charge in [0.2, 0.25) is 0 Å². The Kier molecular flexibility index (Phi) is 5.19. The summed E-state index contributed by atoms with van der Waals surface area (Å²) in [5.74, 6) is -1.89. The minimum Gasteiger partial charge on any atom is -0.462 e. The second-order valence-corrected chi connectivity index (χ2v) is 7.73. The quantitative estimate of drug-likeness (QED) is 0.624. The largest absolute Gasteiger partial charge is 0.462 e. The van der Waals surface area contributed by atoms with Crippen LogP contribution in [0.3, 0.4) is 0 Å². The number of pyridine rings is 1. The Labute approximate surface area is 177 Å². The SMILES string of the molecule is NC1=N[C@@](c2cc(N[C@@H](c3ccc(Cl)cn3)C(F)(F)F)ccc2F)(C(F)F)C2C[C@H]2O1. The summed E-state index contributed by atoms with van der Waals surface area (Å²) in [5, 5.41) is 2.34. The monoisotopic (exact) mass is 464 g/mol. The molecule has 1 aliphatic carbocycles. The fraction of sp³-hybridized carbons (Fsp3) is 0.368. The van der Waals surface area contributed by atoms with E-state index in [1.807, 2.05) is 0 Å². The van der Waals surface area contributed by atoms with Gasteiger partial charge in [0.1, 0.15) is 11.9 Å². The summed E-state index contributed by atoms with van der Waals surface area (Å²) in [6.07, 6.45) is -7.38. The number of ether oxygens (including phenoxy) is 1. The standard InChI is InChI=1S/C19H15ClF6N4O/c20-8-1-4-13(28-7-8)15(19(24,25)26)29-9-2-3-12(21)10(5-9)18(16(22)23)11-6-14(11)31-17(27)30-18/h1-5,7,11,14-16,29H,6H2,(H2,27,30)/t11?,14-,15+,18-/m1/s1.